The summed E-state index contributed by atoms with van der Waals surface area (Å²) in [4.78, 5) is 127. The average molecular weight is 1410 g/mol. The van der Waals surface area contributed by atoms with Crippen LogP contribution in [0.1, 0.15) is 219 Å². The first-order valence-corrected chi connectivity index (χ1v) is 37.0. The summed E-state index contributed by atoms with van der Waals surface area (Å²) in [6.07, 6.45) is 6.18. The molecule has 3 saturated carbocycles. The summed E-state index contributed by atoms with van der Waals surface area (Å²) in [6, 6.07) is 5.96. The molecule has 6 aliphatic carbocycles. The molecule has 16 atom stereocenters. The van der Waals surface area contributed by atoms with Crippen LogP contribution in [0.2, 0.25) is 0 Å². The molecule has 0 bridgehead atoms. The number of allylic oxidation sites excluding steroid dienone is 1. The number of aliphatic carboxylic acids is 1. The predicted molar refractivity (Wildman–Crippen MR) is 363 cm³/mol. The number of hydrogen-bond donors (Lipinski definition) is 11. The van der Waals surface area contributed by atoms with Gasteiger partial charge >= 0.3 is 19.9 Å². The van der Waals surface area contributed by atoms with E-state index in [1.165, 1.54) is 107 Å². The van der Waals surface area contributed by atoms with Crippen molar-refractivity contribution in [1.29, 1.82) is 0 Å². The van der Waals surface area contributed by atoms with Gasteiger partial charge in [0.25, 0.3) is 0 Å². The zero-order valence-electron chi connectivity index (χ0n) is 58.3. The van der Waals surface area contributed by atoms with Gasteiger partial charge in [0.15, 0.2) is 17.9 Å². The Labute approximate surface area is 582 Å². The van der Waals surface area contributed by atoms with Gasteiger partial charge in [0.05, 0.1) is 42.0 Å². The first-order chi connectivity index (χ1) is 47.2. The zero-order chi connectivity index (χ0) is 72.5. The van der Waals surface area contributed by atoms with Crippen molar-refractivity contribution in [1.82, 2.24) is 21.3 Å². The van der Waals surface area contributed by atoms with Gasteiger partial charge in [-0.05, 0) is 148 Å². The number of Topliss-reactive ketones (excluding diaryl/α,β-unsaturated/α-hetero) is 1. The smallest absolute Gasteiger partial charge is 0.507 e. The molecule has 4 fully saturated rings. The monoisotopic (exact) mass is 1410 g/mol. The van der Waals surface area contributed by atoms with Gasteiger partial charge in [0.1, 0.15) is 52.9 Å². The molecule has 25 nitrogen and oxygen atoms in total. The van der Waals surface area contributed by atoms with Crippen LogP contribution < -0.4 is 30.5 Å². The molecule has 0 spiro atoms. The van der Waals surface area contributed by atoms with Gasteiger partial charge < -0.3 is 70.3 Å². The standard InChI is InChI=1S/C74H99N4O21P/c1-38(2)13-11-14-39(3)49-24-25-50-46-23-20-43-34-45(28-30-72(43,6)51(46)29-31-73(49,50)7)97-71(90)78-54(33-42-18-21-44(22-19-42)99-100(92,93)94)69(87)77-52(70(88)89)16-9-10-32-75-57(80)26-27-58(81)76-53-35-59(96-40(4)64(53)82)98-56-37-74(91,41(5)79)36-48-61(56)68(86)63-62(66(48)84)65(83)47-15-12-17-55(95-8)60(47)67(63)85/h12,15,17-22,38-40,45-46,49-54,56,59,64,82,84,86,91H,9-11,13-14,16,23-37H2,1-8H3,(H,75,80)(H,76,81)(H,77,87)(H,78,90)(H,88,89)(H2,92,93,94)/t39?,40-,45?,46?,49?,50-,51-,52+,53-,54?,56-,59-,64+,72?,73?,74-/m0/s1. The number of carboxylic acids is 1. The number of phenolic OH excluding ortho intramolecular Hbond substituents is 2. The van der Waals surface area contributed by atoms with E-state index in [4.69, 9.17) is 18.9 Å². The molecule has 100 heavy (non-hydrogen) atoms. The van der Waals surface area contributed by atoms with E-state index in [1.807, 2.05) is 0 Å². The molecule has 7 unspecified atom stereocenters. The van der Waals surface area contributed by atoms with Crippen LogP contribution in [0.25, 0.3) is 0 Å². The van der Waals surface area contributed by atoms with Gasteiger partial charge in [0, 0.05) is 68.2 Å². The van der Waals surface area contributed by atoms with E-state index in [-0.39, 0.29) is 90.7 Å². The van der Waals surface area contributed by atoms with Crippen LogP contribution in [-0.4, -0.2) is 144 Å². The number of carboxylic acid groups (broad SMARTS) is 1. The maximum absolute atomic E-state index is 14.2. The highest BCUT2D eigenvalue weighted by atomic mass is 31.2. The van der Waals surface area contributed by atoms with Crippen molar-refractivity contribution in [3.05, 3.63) is 93.1 Å². The number of fused-ring (bicyclic) bond motifs is 8. The quantitative estimate of drug-likeness (QED) is 0.0115. The summed E-state index contributed by atoms with van der Waals surface area (Å²) in [5.41, 5.74) is -1.82. The number of phosphoric ester groups is 1. The second kappa shape index (κ2) is 30.8. The average Bonchev–Trinajstić information content (AvgIpc) is 1.03. The van der Waals surface area contributed by atoms with Crippen LogP contribution in [-0.2, 0) is 55.6 Å². The third-order valence-corrected chi connectivity index (χ3v) is 23.7. The highest BCUT2D eigenvalue weighted by Crippen LogP contribution is 2.68. The largest absolute Gasteiger partial charge is 0.524 e. The fourth-order valence-electron chi connectivity index (χ4n) is 17.9. The van der Waals surface area contributed by atoms with E-state index in [1.54, 1.807) is 0 Å². The fourth-order valence-corrected chi connectivity index (χ4v) is 18.3. The molecule has 10 rings (SSSR count). The molecule has 0 radical (unpaired) electrons. The van der Waals surface area contributed by atoms with Gasteiger partial charge in [-0.15, -0.1) is 0 Å². The van der Waals surface area contributed by atoms with Gasteiger partial charge in [-0.25, -0.2) is 14.2 Å². The maximum atomic E-state index is 14.2. The molecule has 0 aromatic heterocycles. The number of rotatable bonds is 27. The van der Waals surface area contributed by atoms with Gasteiger partial charge in [-0.1, -0.05) is 89.8 Å². The van der Waals surface area contributed by atoms with E-state index in [0.29, 0.717) is 47.5 Å². The van der Waals surface area contributed by atoms with Crippen molar-refractivity contribution >= 4 is 55.0 Å². The van der Waals surface area contributed by atoms with E-state index in [2.05, 4.69) is 66.5 Å². The van der Waals surface area contributed by atoms with Crippen molar-refractivity contribution in [3.8, 4) is 23.0 Å². The Bertz CT molecular complexity index is 3700. The molecule has 1 saturated heterocycles. The molecule has 11 N–H and O–H groups in total. The summed E-state index contributed by atoms with van der Waals surface area (Å²) >= 11 is 0. The highest BCUT2D eigenvalue weighted by molar-refractivity contribution is 7.46. The minimum Gasteiger partial charge on any atom is -0.507 e. The topological polar surface area (TPSA) is 390 Å². The number of carbonyl (C=O) groups is 8. The van der Waals surface area contributed by atoms with Crippen molar-refractivity contribution < 1.29 is 102 Å². The SMILES string of the molecule is COc1cccc2c1C(=O)c1c(O)c3c(c(O)c1C2=O)C[C@@](O)(C(C)=O)C[C@@H]3O[C@H]1C[C@H](NC(=O)CCC(=O)NCCCC[C@@H](NC(=O)C(Cc2ccc(OP(=O)(O)O)cc2)NC(=O)OC2CCC3(C)C(=CCC4[C@@H]3CCC3(C)C(C(C)CCCC(C)C)CC[C@@H]43)C2)C(=O)O)[C@H](O)[C@H](C)O1. The number of amides is 4. The molecule has 1 aliphatic heterocycles. The van der Waals surface area contributed by atoms with Gasteiger partial charge in [-0.3, -0.25) is 38.6 Å². The maximum Gasteiger partial charge on any atom is 0.524 e. The molecule has 3 aromatic rings. The fraction of sp³-hybridized carbons (Fsp3) is 0.622. The number of hydrogen-bond acceptors (Lipinski definition) is 18. The van der Waals surface area contributed by atoms with Crippen LogP contribution in [0.3, 0.4) is 0 Å². The second-order valence-electron chi connectivity index (χ2n) is 30.1. The lowest BCUT2D eigenvalue weighted by Crippen LogP contribution is -2.55. The van der Waals surface area contributed by atoms with E-state index >= 15 is 0 Å². The van der Waals surface area contributed by atoms with Crippen molar-refractivity contribution in [3.63, 3.8) is 0 Å². The van der Waals surface area contributed by atoms with E-state index in [0.717, 1.165) is 31.6 Å². The number of ether oxygens (including phenoxy) is 4. The minimum absolute atomic E-state index is 0.0173. The Balaban J connectivity index is 0.705. The summed E-state index contributed by atoms with van der Waals surface area (Å²) in [5, 5.41) is 67.5. The summed E-state index contributed by atoms with van der Waals surface area (Å²) in [7, 11) is -3.59. The Morgan fingerprint density at radius 3 is 2.23 bits per heavy atom. The number of benzene rings is 3. The van der Waals surface area contributed by atoms with Gasteiger partial charge in [0.2, 0.25) is 23.5 Å². The first kappa shape index (κ1) is 75.4. The van der Waals surface area contributed by atoms with Crippen molar-refractivity contribution in [2.75, 3.05) is 13.7 Å². The Morgan fingerprint density at radius 2 is 1.54 bits per heavy atom. The Hall–Kier alpha value is -7.25. The lowest BCUT2D eigenvalue weighted by atomic mass is 9.47. The minimum atomic E-state index is -4.89. The number of aliphatic hydroxyl groups is 2. The number of carbonyl (C=O) groups excluding carboxylic acids is 7. The molecule has 1 heterocycles. The second-order valence-corrected chi connectivity index (χ2v) is 31.2. The first-order valence-electron chi connectivity index (χ1n) is 35.4. The number of aliphatic hydroxyl groups excluding tert-OH is 1. The number of ketones is 3. The third kappa shape index (κ3) is 16.2. The predicted octanol–water partition coefficient (Wildman–Crippen LogP) is 9.04. The number of phosphoric acid groups is 1. The molecule has 26 heteroatoms. The number of alkyl carbamates (subject to hydrolysis) is 1. The van der Waals surface area contributed by atoms with Crippen LogP contribution in [0.5, 0.6) is 23.0 Å². The Kier molecular flexibility index (Phi) is 23.2. The molecular formula is C74H99N4O21P. The molecular weight excluding hydrogens is 1310 g/mol. The number of phenols is 2. The molecule has 7 aliphatic rings. The van der Waals surface area contributed by atoms with Gasteiger partial charge in [-0.2, -0.15) is 0 Å². The number of aromatic hydroxyl groups is 2. The molecule has 546 valence electrons. The van der Waals surface area contributed by atoms with Crippen LogP contribution in [0.15, 0.2) is 54.1 Å². The third-order valence-electron chi connectivity index (χ3n) is 23.3. The van der Waals surface area contributed by atoms with E-state index in [9.17, 15) is 78.2 Å². The summed E-state index contributed by atoms with van der Waals surface area (Å²) < 4.78 is 40.0. The number of nitrogens with one attached hydrogen (secondary N) is 4. The number of methoxy groups -OCH3 is 1. The van der Waals surface area contributed by atoms with Crippen molar-refractivity contribution in [2.24, 2.45) is 46.3 Å². The normalized spacial score (nSPS) is 29.1. The Morgan fingerprint density at radius 1 is 0.820 bits per heavy atom. The molecule has 3 aromatic carbocycles. The van der Waals surface area contributed by atoms with Crippen LogP contribution in [0.4, 0.5) is 4.79 Å². The highest BCUT2D eigenvalue weighted by Gasteiger charge is 2.60. The number of unbranched alkanes of at least 4 members (excludes halogenated alkanes) is 1. The lowest BCUT2D eigenvalue weighted by Gasteiger charge is -2.58. The zero-order valence-corrected chi connectivity index (χ0v) is 59.2. The summed E-state index contributed by atoms with van der Waals surface area (Å²) in [5.74, 6) is -3.30. The lowest BCUT2D eigenvalue weighted by molar-refractivity contribution is -0.249. The van der Waals surface area contributed by atoms with Crippen LogP contribution in [0, 0.1) is 46.3 Å². The summed E-state index contributed by atoms with van der Waals surface area (Å²) in [6.45, 7) is 14.8. The van der Waals surface area contributed by atoms with Crippen molar-refractivity contribution in [2.45, 2.75) is 231 Å². The van der Waals surface area contributed by atoms with Crippen LogP contribution >= 0.6 is 7.82 Å². The molecule has 4 amide bonds. The van der Waals surface area contributed by atoms with E-state index < -0.39 is 145 Å².